The molecular weight excluding hydrogens is 1080 g/mol. The largest absolute Gasteiger partial charge is 0.493 e. The minimum atomic E-state index is -3.04. The minimum absolute atomic E-state index is 0.0144. The third-order valence-corrected chi connectivity index (χ3v) is 16.4. The van der Waals surface area contributed by atoms with Gasteiger partial charge in [0, 0.05) is 96.8 Å². The maximum atomic E-state index is 14.4. The molecule has 2 aliphatic heterocycles. The number of methoxy groups -OCH3 is 2. The van der Waals surface area contributed by atoms with Gasteiger partial charge in [-0.15, -0.1) is 0 Å². The van der Waals surface area contributed by atoms with Crippen LogP contribution in [0.3, 0.4) is 0 Å². The Labute approximate surface area is 476 Å². The molecule has 82 heavy (non-hydrogen) atoms. The van der Waals surface area contributed by atoms with Gasteiger partial charge in [-0.3, -0.25) is 19.4 Å². The summed E-state index contributed by atoms with van der Waals surface area (Å²) >= 11 is 0. The average Bonchev–Trinajstić information content (AvgIpc) is 4.45. The Hall–Kier alpha value is -6.22. The molecule has 4 aromatic rings. The maximum Gasteiger partial charge on any atom is 0.387 e. The molecule has 4 aromatic carbocycles. The number of likely N-dealkylation sites (tertiary alicyclic amines) is 2. The molecule has 12 nitrogen and oxygen atoms in total. The third kappa shape index (κ3) is 17.0. The predicted octanol–water partition coefficient (Wildman–Crippen LogP) is 12.3. The van der Waals surface area contributed by atoms with E-state index in [1.807, 2.05) is 0 Å². The van der Waals surface area contributed by atoms with E-state index in [0.29, 0.717) is 24.2 Å². The molecule has 4 fully saturated rings. The fourth-order valence-corrected chi connectivity index (χ4v) is 12.2. The predicted molar refractivity (Wildman–Crippen MR) is 301 cm³/mol. The van der Waals surface area contributed by atoms with E-state index in [0.717, 1.165) is 103 Å². The maximum absolute atomic E-state index is 14.4. The summed E-state index contributed by atoms with van der Waals surface area (Å²) in [7, 11) is 6.92. The Morgan fingerprint density at radius 3 is 1.40 bits per heavy atom. The highest BCUT2D eigenvalue weighted by Gasteiger charge is 2.41. The van der Waals surface area contributed by atoms with Gasteiger partial charge in [-0.1, -0.05) is 49.0 Å². The van der Waals surface area contributed by atoms with Gasteiger partial charge in [0.2, 0.25) is 0 Å². The molecule has 0 radical (unpaired) electrons. The number of nitrogens with two attached hydrogens (primary N) is 1. The van der Waals surface area contributed by atoms with Crippen LogP contribution in [0.25, 0.3) is 12.2 Å². The first-order valence-corrected chi connectivity index (χ1v) is 28.1. The van der Waals surface area contributed by atoms with E-state index in [-0.39, 0.29) is 93.3 Å². The second-order valence-corrected chi connectivity index (χ2v) is 22.6. The number of hydrogen-bond donors (Lipinski definition) is 1. The summed E-state index contributed by atoms with van der Waals surface area (Å²) in [5, 5.41) is 0. The second-order valence-electron chi connectivity index (χ2n) is 22.6. The van der Waals surface area contributed by atoms with Gasteiger partial charge in [-0.25, -0.2) is 17.6 Å². The molecule has 2 aliphatic carbocycles. The summed E-state index contributed by atoms with van der Waals surface area (Å²) in [5.41, 5.74) is 8.93. The number of amides is 2. The van der Waals surface area contributed by atoms with E-state index in [9.17, 15) is 44.7 Å². The monoisotopic (exact) mass is 1150 g/mol. The summed E-state index contributed by atoms with van der Waals surface area (Å²) in [6.45, 7) is 2.29. The van der Waals surface area contributed by atoms with Crippen molar-refractivity contribution in [1.29, 1.82) is 0 Å². The summed E-state index contributed by atoms with van der Waals surface area (Å²) in [6, 6.07) is 15.2. The van der Waals surface area contributed by atoms with E-state index < -0.39 is 36.5 Å². The van der Waals surface area contributed by atoms with Crippen molar-refractivity contribution in [3.8, 4) is 23.0 Å². The van der Waals surface area contributed by atoms with E-state index in [1.165, 1.54) is 87.7 Å². The number of nitrogens with zero attached hydrogens (tertiary/aromatic N) is 5. The number of benzene rings is 4. The van der Waals surface area contributed by atoms with Gasteiger partial charge >= 0.3 is 13.2 Å². The quantitative estimate of drug-likeness (QED) is 0.0720. The number of likely N-dealkylation sites (N-methyl/N-ethyl adjacent to an activating group) is 1. The first-order valence-electron chi connectivity index (χ1n) is 28.1. The third-order valence-electron chi connectivity index (χ3n) is 16.4. The molecule has 2 atom stereocenters. The topological polar surface area (TPSA) is 113 Å². The van der Waals surface area contributed by atoms with Crippen LogP contribution in [0.5, 0.6) is 23.0 Å². The average molecular weight is 1160 g/mol. The Bertz CT molecular complexity index is 2860. The molecule has 0 bridgehead atoms. The van der Waals surface area contributed by atoms with E-state index >= 15 is 0 Å². The lowest BCUT2D eigenvalue weighted by atomic mass is 9.94. The van der Waals surface area contributed by atoms with Gasteiger partial charge in [0.15, 0.2) is 23.0 Å². The van der Waals surface area contributed by atoms with Gasteiger partial charge < -0.3 is 39.4 Å². The van der Waals surface area contributed by atoms with Crippen molar-refractivity contribution in [3.05, 3.63) is 129 Å². The molecular formula is C62H78F8N6O6. The Balaban J connectivity index is 0.000000236. The first-order chi connectivity index (χ1) is 39.1. The molecule has 2 unspecified atom stereocenters. The normalized spacial score (nSPS) is 19.2. The van der Waals surface area contributed by atoms with Crippen LogP contribution in [0.1, 0.15) is 123 Å². The second kappa shape index (κ2) is 28.9. The zero-order chi connectivity index (χ0) is 59.3. The first kappa shape index (κ1) is 63.4. The number of alkyl halides is 4. The smallest absolute Gasteiger partial charge is 0.387 e. The van der Waals surface area contributed by atoms with Crippen molar-refractivity contribution in [2.45, 2.75) is 127 Å². The highest BCUT2D eigenvalue weighted by atomic mass is 19.3. The summed E-state index contributed by atoms with van der Waals surface area (Å²) in [4.78, 5) is 38.4. The van der Waals surface area contributed by atoms with Crippen LogP contribution in [-0.4, -0.2) is 153 Å². The van der Waals surface area contributed by atoms with Crippen molar-refractivity contribution in [3.63, 3.8) is 0 Å². The SMILES string of the molecule is COc1cc(C(=O)N(C/C(C)=C/c2ccc(F)cc2F)CC2CCCN2CC2(N(C)C)CCCC2)ccc1OC(F)F.COc1cc(C(=O)N(C/C(C)=C/c2ccc(F)cc2F)CC2CCCN2CC2(N)CCCC2)ccc1OC(F)F. The zero-order valence-corrected chi connectivity index (χ0v) is 47.8. The molecule has 2 N–H and O–H groups in total. The van der Waals surface area contributed by atoms with Crippen molar-refractivity contribution in [2.24, 2.45) is 5.73 Å². The number of carbonyl (C=O) groups is 2. The lowest BCUT2D eigenvalue weighted by Gasteiger charge is -2.42. The standard InChI is InChI=1S/C32H41F4N3O3.C30H37F4N3O3/c1-22(16-23-9-11-25(33)18-27(23)34)19-39(30(40)24-10-12-28(42-31(35)36)29(17-24)41-4)20-26-8-7-15-38(26)21-32(37(2)3)13-5-6-14-32;1-20(14-21-7-9-23(31)16-25(21)32)17-37(18-24-6-5-13-36(24)19-30(35)11-3-4-12-30)28(38)22-8-10-26(40-29(33)34)27(15-22)39-2/h9-12,16-18,26,31H,5-8,13-15,19-21H2,1-4H3;7-10,14-16,24,29H,3-6,11-13,17-19,35H2,1-2H3/b22-16+;20-14+. The molecule has 20 heteroatoms. The van der Waals surface area contributed by atoms with Gasteiger partial charge in [0.25, 0.3) is 11.8 Å². The Kier molecular flexibility index (Phi) is 22.3. The fraction of sp³-hybridized carbons (Fsp3) is 0.516. The summed E-state index contributed by atoms with van der Waals surface area (Å²) in [5.74, 6) is -3.63. The molecule has 8 rings (SSSR count). The molecule has 0 spiro atoms. The van der Waals surface area contributed by atoms with E-state index in [4.69, 9.17) is 15.2 Å². The van der Waals surface area contributed by atoms with Crippen LogP contribution < -0.4 is 24.7 Å². The van der Waals surface area contributed by atoms with Crippen LogP contribution in [0, 0.1) is 23.3 Å². The highest BCUT2D eigenvalue weighted by molar-refractivity contribution is 5.96. The van der Waals surface area contributed by atoms with Crippen LogP contribution >= 0.6 is 0 Å². The summed E-state index contributed by atoms with van der Waals surface area (Å²) < 4.78 is 126. The number of halogens is 8. The van der Waals surface area contributed by atoms with Gasteiger partial charge in [0.05, 0.1) is 14.2 Å². The fourth-order valence-electron chi connectivity index (χ4n) is 12.2. The van der Waals surface area contributed by atoms with Crippen molar-refractivity contribution in [2.75, 3.05) is 80.7 Å². The van der Waals surface area contributed by atoms with Crippen LogP contribution in [0.15, 0.2) is 83.9 Å². The van der Waals surface area contributed by atoms with Crippen LogP contribution in [0.2, 0.25) is 0 Å². The lowest BCUT2D eigenvalue weighted by Crippen LogP contribution is -2.54. The number of carbonyl (C=O) groups excluding carboxylic acids is 2. The molecule has 0 aromatic heterocycles. The molecule has 448 valence electrons. The van der Waals surface area contributed by atoms with Crippen LogP contribution in [-0.2, 0) is 0 Å². The molecule has 2 amide bonds. The van der Waals surface area contributed by atoms with E-state index in [2.05, 4.69) is 38.3 Å². The van der Waals surface area contributed by atoms with Crippen molar-refractivity contribution >= 4 is 24.0 Å². The Morgan fingerprint density at radius 2 is 1.01 bits per heavy atom. The molecule has 2 saturated carbocycles. The van der Waals surface area contributed by atoms with Gasteiger partial charge in [-0.05, 0) is 153 Å². The summed E-state index contributed by atoms with van der Waals surface area (Å²) in [6.07, 6.45) is 16.0. The lowest BCUT2D eigenvalue weighted by molar-refractivity contribution is -0.0518. The molecule has 2 heterocycles. The number of hydrogen-bond acceptors (Lipinski definition) is 10. The van der Waals surface area contributed by atoms with Crippen molar-refractivity contribution < 1.29 is 63.7 Å². The number of ether oxygens (including phenoxy) is 4. The van der Waals surface area contributed by atoms with Crippen molar-refractivity contribution in [1.82, 2.24) is 24.5 Å². The highest BCUT2D eigenvalue weighted by Crippen LogP contribution is 2.38. The van der Waals surface area contributed by atoms with E-state index in [1.54, 1.807) is 35.8 Å². The zero-order valence-electron chi connectivity index (χ0n) is 47.8. The van der Waals surface area contributed by atoms with Gasteiger partial charge in [-0.2, -0.15) is 17.6 Å². The Morgan fingerprint density at radius 1 is 0.598 bits per heavy atom. The molecule has 4 aliphatic rings. The number of rotatable bonds is 23. The van der Waals surface area contributed by atoms with Gasteiger partial charge in [0.1, 0.15) is 23.3 Å². The minimum Gasteiger partial charge on any atom is -0.493 e. The molecule has 2 saturated heterocycles. The van der Waals surface area contributed by atoms with Crippen LogP contribution in [0.4, 0.5) is 35.1 Å².